The maximum atomic E-state index is 12.5. The molecule has 21 heavy (non-hydrogen) atoms. The van der Waals surface area contributed by atoms with Gasteiger partial charge in [0, 0.05) is 11.6 Å². The zero-order valence-electron chi connectivity index (χ0n) is 11.6. The monoisotopic (exact) mass is 308 g/mol. The molecule has 112 valence electrons. The molecule has 0 aliphatic rings. The Labute approximate surface area is 122 Å². The van der Waals surface area contributed by atoms with Gasteiger partial charge in [0.05, 0.1) is 10.4 Å². The summed E-state index contributed by atoms with van der Waals surface area (Å²) in [7, 11) is -3.95. The number of sulfonamides is 1. The van der Waals surface area contributed by atoms with Crippen LogP contribution in [0.25, 0.3) is 10.9 Å². The van der Waals surface area contributed by atoms with Crippen molar-refractivity contribution < 1.29 is 18.3 Å². The second-order valence-corrected chi connectivity index (χ2v) is 6.69. The smallest absolute Gasteiger partial charge is 0.322 e. The normalized spacial score (nSPS) is 13.5. The molecule has 1 aromatic heterocycles. The van der Waals surface area contributed by atoms with E-state index in [0.717, 1.165) is 0 Å². The van der Waals surface area contributed by atoms with Crippen LogP contribution in [0, 0.1) is 5.92 Å². The average Bonchev–Trinajstić information content (AvgIpc) is 2.43. The first-order valence-electron chi connectivity index (χ1n) is 6.42. The van der Waals surface area contributed by atoms with Gasteiger partial charge in [-0.2, -0.15) is 4.72 Å². The number of carboxylic acids is 1. The molecular formula is C14H16N2O4S. The van der Waals surface area contributed by atoms with Crippen molar-refractivity contribution in [2.45, 2.75) is 24.8 Å². The Kier molecular flexibility index (Phi) is 4.24. The third-order valence-electron chi connectivity index (χ3n) is 3.11. The summed E-state index contributed by atoms with van der Waals surface area (Å²) in [6, 6.07) is 6.81. The number of carbonyl (C=O) groups is 1. The van der Waals surface area contributed by atoms with E-state index in [2.05, 4.69) is 9.71 Å². The highest BCUT2D eigenvalue weighted by molar-refractivity contribution is 7.89. The van der Waals surface area contributed by atoms with Gasteiger partial charge >= 0.3 is 5.97 Å². The Bertz CT molecular complexity index is 766. The first kappa shape index (κ1) is 15.4. The molecule has 2 aromatic rings. The molecule has 0 unspecified atom stereocenters. The summed E-state index contributed by atoms with van der Waals surface area (Å²) >= 11 is 0. The summed E-state index contributed by atoms with van der Waals surface area (Å²) in [6.45, 7) is 3.29. The molecule has 0 saturated heterocycles. The number of rotatable bonds is 5. The number of hydrogen-bond acceptors (Lipinski definition) is 4. The van der Waals surface area contributed by atoms with Gasteiger partial charge in [0.1, 0.15) is 6.04 Å². The number of pyridine rings is 1. The molecule has 0 amide bonds. The fourth-order valence-corrected chi connectivity index (χ4v) is 3.57. The number of benzene rings is 1. The lowest BCUT2D eigenvalue weighted by atomic mass is 10.1. The second-order valence-electron chi connectivity index (χ2n) is 5.01. The molecule has 0 aliphatic carbocycles. The van der Waals surface area contributed by atoms with Crippen LogP contribution in [0.2, 0.25) is 0 Å². The quantitative estimate of drug-likeness (QED) is 0.875. The largest absolute Gasteiger partial charge is 0.480 e. The van der Waals surface area contributed by atoms with Crippen LogP contribution in [0.5, 0.6) is 0 Å². The predicted molar refractivity (Wildman–Crippen MR) is 78.3 cm³/mol. The lowest BCUT2D eigenvalue weighted by Gasteiger charge is -2.18. The minimum absolute atomic E-state index is 0.0278. The number of nitrogens with zero attached hydrogens (tertiary/aromatic N) is 1. The van der Waals surface area contributed by atoms with Gasteiger partial charge in [0.15, 0.2) is 0 Å². The Morgan fingerprint density at radius 1 is 1.24 bits per heavy atom. The van der Waals surface area contributed by atoms with E-state index in [1.165, 1.54) is 6.07 Å². The van der Waals surface area contributed by atoms with E-state index in [9.17, 15) is 13.2 Å². The summed E-state index contributed by atoms with van der Waals surface area (Å²) in [5.41, 5.74) is 0.539. The van der Waals surface area contributed by atoms with Crippen LogP contribution >= 0.6 is 0 Å². The number of nitrogens with one attached hydrogen (secondary N) is 1. The number of carboxylic acid groups (broad SMARTS) is 1. The number of fused-ring (bicyclic) bond motifs is 1. The number of aliphatic carboxylic acids is 1. The van der Waals surface area contributed by atoms with E-state index < -0.39 is 22.0 Å². The Morgan fingerprint density at radius 3 is 2.57 bits per heavy atom. The fourth-order valence-electron chi connectivity index (χ4n) is 2.01. The van der Waals surface area contributed by atoms with Crippen molar-refractivity contribution in [3.63, 3.8) is 0 Å². The summed E-state index contributed by atoms with van der Waals surface area (Å²) in [5, 5.41) is 9.59. The lowest BCUT2D eigenvalue weighted by Crippen LogP contribution is -2.44. The topological polar surface area (TPSA) is 96.4 Å². The second kappa shape index (κ2) is 5.79. The van der Waals surface area contributed by atoms with Gasteiger partial charge in [-0.3, -0.25) is 9.78 Å². The molecule has 0 aliphatic heterocycles. The minimum atomic E-state index is -3.95. The zero-order chi connectivity index (χ0) is 15.6. The standard InChI is InChI=1S/C14H16N2O4S/c1-9(2)13(14(17)18)16-21(19,20)12-7-3-6-11-10(12)5-4-8-15-11/h3-9,13,16H,1-2H3,(H,17,18)/t13-/m1/s1. The van der Waals surface area contributed by atoms with Gasteiger partial charge < -0.3 is 5.11 Å². The fraction of sp³-hybridized carbons (Fsp3) is 0.286. The Balaban J connectivity index is 2.50. The predicted octanol–water partition coefficient (Wildman–Crippen LogP) is 1.62. The molecule has 7 heteroatoms. The van der Waals surface area contributed by atoms with Crippen molar-refractivity contribution in [2.24, 2.45) is 5.92 Å². The minimum Gasteiger partial charge on any atom is -0.480 e. The summed E-state index contributed by atoms with van der Waals surface area (Å²) in [6.07, 6.45) is 1.57. The average molecular weight is 308 g/mol. The van der Waals surface area contributed by atoms with Gasteiger partial charge in [0.25, 0.3) is 0 Å². The van der Waals surface area contributed by atoms with Crippen molar-refractivity contribution in [2.75, 3.05) is 0 Å². The van der Waals surface area contributed by atoms with Gasteiger partial charge in [0.2, 0.25) is 10.0 Å². The van der Waals surface area contributed by atoms with Crippen LogP contribution in [0.4, 0.5) is 0 Å². The number of aromatic nitrogens is 1. The van der Waals surface area contributed by atoms with Crippen molar-refractivity contribution in [1.29, 1.82) is 0 Å². The van der Waals surface area contributed by atoms with Crippen LogP contribution in [0.1, 0.15) is 13.8 Å². The molecule has 0 bridgehead atoms. The van der Waals surface area contributed by atoms with Gasteiger partial charge in [-0.15, -0.1) is 0 Å². The van der Waals surface area contributed by atoms with Crippen molar-refractivity contribution >= 4 is 26.9 Å². The molecule has 6 nitrogen and oxygen atoms in total. The highest BCUT2D eigenvalue weighted by Crippen LogP contribution is 2.21. The molecule has 2 N–H and O–H groups in total. The van der Waals surface area contributed by atoms with Crippen LogP contribution in [0.15, 0.2) is 41.4 Å². The van der Waals surface area contributed by atoms with E-state index >= 15 is 0 Å². The van der Waals surface area contributed by atoms with Crippen LogP contribution in [0.3, 0.4) is 0 Å². The van der Waals surface area contributed by atoms with E-state index in [1.54, 1.807) is 44.3 Å². The van der Waals surface area contributed by atoms with Crippen LogP contribution < -0.4 is 4.72 Å². The molecule has 0 spiro atoms. The molecule has 0 saturated carbocycles. The zero-order valence-corrected chi connectivity index (χ0v) is 12.5. The van der Waals surface area contributed by atoms with Crippen molar-refractivity contribution in [1.82, 2.24) is 9.71 Å². The van der Waals surface area contributed by atoms with E-state index in [-0.39, 0.29) is 10.8 Å². The Morgan fingerprint density at radius 2 is 1.95 bits per heavy atom. The molecule has 1 aromatic carbocycles. The highest BCUT2D eigenvalue weighted by Gasteiger charge is 2.28. The Hall–Kier alpha value is -1.99. The first-order chi connectivity index (χ1) is 9.83. The molecule has 0 radical (unpaired) electrons. The van der Waals surface area contributed by atoms with Gasteiger partial charge in [-0.25, -0.2) is 8.42 Å². The summed E-state index contributed by atoms with van der Waals surface area (Å²) < 4.78 is 27.2. The van der Waals surface area contributed by atoms with Gasteiger partial charge in [-0.05, 0) is 30.2 Å². The van der Waals surface area contributed by atoms with E-state index in [1.807, 2.05) is 0 Å². The summed E-state index contributed by atoms with van der Waals surface area (Å²) in [4.78, 5) is 15.3. The molecule has 2 rings (SSSR count). The number of hydrogen-bond donors (Lipinski definition) is 2. The maximum absolute atomic E-state index is 12.5. The molecule has 1 heterocycles. The lowest BCUT2D eigenvalue weighted by molar-refractivity contribution is -0.140. The van der Waals surface area contributed by atoms with Gasteiger partial charge in [-0.1, -0.05) is 19.9 Å². The van der Waals surface area contributed by atoms with E-state index in [0.29, 0.717) is 10.9 Å². The van der Waals surface area contributed by atoms with Crippen LogP contribution in [-0.4, -0.2) is 30.5 Å². The maximum Gasteiger partial charge on any atom is 0.322 e. The van der Waals surface area contributed by atoms with Crippen molar-refractivity contribution in [3.05, 3.63) is 36.5 Å². The summed E-state index contributed by atoms with van der Waals surface area (Å²) in [5.74, 6) is -1.57. The third-order valence-corrected chi connectivity index (χ3v) is 4.61. The molecule has 1 atom stereocenters. The molecular weight excluding hydrogens is 292 g/mol. The highest BCUT2D eigenvalue weighted by atomic mass is 32.2. The third kappa shape index (κ3) is 3.20. The van der Waals surface area contributed by atoms with Crippen LogP contribution in [-0.2, 0) is 14.8 Å². The van der Waals surface area contributed by atoms with E-state index in [4.69, 9.17) is 5.11 Å². The molecule has 0 fully saturated rings. The SMILES string of the molecule is CC(C)[C@@H](NS(=O)(=O)c1cccc2ncccc12)C(=O)O. The van der Waals surface area contributed by atoms with Crippen molar-refractivity contribution in [3.8, 4) is 0 Å². The first-order valence-corrected chi connectivity index (χ1v) is 7.90.